The van der Waals surface area contributed by atoms with Gasteiger partial charge < -0.3 is 9.72 Å². The quantitative estimate of drug-likeness (QED) is 0.726. The Kier molecular flexibility index (Phi) is 4.60. The van der Waals surface area contributed by atoms with Crippen LogP contribution >= 0.6 is 22.9 Å². The third kappa shape index (κ3) is 3.56. The van der Waals surface area contributed by atoms with Crippen molar-refractivity contribution in [2.45, 2.75) is 25.8 Å². The Bertz CT molecular complexity index is 983. The molecular formula is C17H16ClN5O2S. The van der Waals surface area contributed by atoms with Crippen molar-refractivity contribution >= 4 is 45.5 Å². The molecule has 9 heteroatoms. The molecule has 134 valence electrons. The molecular weight excluding hydrogens is 374 g/mol. The van der Waals surface area contributed by atoms with Crippen LogP contribution in [0.4, 0.5) is 5.13 Å². The first-order valence-corrected chi connectivity index (χ1v) is 9.49. The van der Waals surface area contributed by atoms with E-state index in [1.54, 1.807) is 17.2 Å². The SMILES string of the molecule is O=C(Cc1csc(N2CCCC2=O)n1)NCc1cn2cc(Cl)ccc2n1. The van der Waals surface area contributed by atoms with Gasteiger partial charge in [-0.1, -0.05) is 11.6 Å². The molecule has 0 spiro atoms. The molecule has 7 nitrogen and oxygen atoms in total. The molecule has 3 aromatic heterocycles. The summed E-state index contributed by atoms with van der Waals surface area (Å²) in [5.74, 6) is -0.0352. The van der Waals surface area contributed by atoms with Crippen LogP contribution in [-0.2, 0) is 22.6 Å². The summed E-state index contributed by atoms with van der Waals surface area (Å²) in [5, 5.41) is 5.97. The number of rotatable bonds is 5. The summed E-state index contributed by atoms with van der Waals surface area (Å²) in [6.07, 6.45) is 5.21. The Morgan fingerprint density at radius 2 is 2.15 bits per heavy atom. The molecule has 2 amide bonds. The van der Waals surface area contributed by atoms with Crippen LogP contribution in [0.25, 0.3) is 5.65 Å². The molecule has 0 bridgehead atoms. The molecule has 4 rings (SSSR count). The van der Waals surface area contributed by atoms with Gasteiger partial charge in [0, 0.05) is 30.7 Å². The Morgan fingerprint density at radius 1 is 1.27 bits per heavy atom. The normalized spacial score (nSPS) is 14.3. The summed E-state index contributed by atoms with van der Waals surface area (Å²) in [6.45, 7) is 1.04. The van der Waals surface area contributed by atoms with Crippen molar-refractivity contribution in [2.75, 3.05) is 11.4 Å². The lowest BCUT2D eigenvalue weighted by Gasteiger charge is -2.10. The largest absolute Gasteiger partial charge is 0.350 e. The summed E-state index contributed by atoms with van der Waals surface area (Å²) in [7, 11) is 0. The molecule has 26 heavy (non-hydrogen) atoms. The van der Waals surface area contributed by atoms with Crippen LogP contribution in [0.2, 0.25) is 5.02 Å². The lowest BCUT2D eigenvalue weighted by atomic mass is 10.3. The molecule has 0 unspecified atom stereocenters. The van der Waals surface area contributed by atoms with Crippen LogP contribution in [0.15, 0.2) is 29.9 Å². The molecule has 1 aliphatic heterocycles. The molecule has 1 saturated heterocycles. The van der Waals surface area contributed by atoms with Crippen molar-refractivity contribution < 1.29 is 9.59 Å². The highest BCUT2D eigenvalue weighted by Gasteiger charge is 2.24. The monoisotopic (exact) mass is 389 g/mol. The number of nitrogens with one attached hydrogen (secondary N) is 1. The number of carbonyl (C=O) groups excluding carboxylic acids is 2. The first-order valence-electron chi connectivity index (χ1n) is 8.23. The van der Waals surface area contributed by atoms with Crippen LogP contribution in [0.1, 0.15) is 24.2 Å². The molecule has 0 radical (unpaired) electrons. The van der Waals surface area contributed by atoms with Gasteiger partial charge in [-0.25, -0.2) is 9.97 Å². The Morgan fingerprint density at radius 3 is 2.96 bits per heavy atom. The van der Waals surface area contributed by atoms with E-state index in [0.29, 0.717) is 35.4 Å². The number of halogens is 1. The third-order valence-electron chi connectivity index (χ3n) is 4.12. The summed E-state index contributed by atoms with van der Waals surface area (Å²) in [6, 6.07) is 3.60. The minimum atomic E-state index is -0.135. The number of pyridine rings is 1. The van der Waals surface area contributed by atoms with Gasteiger partial charge in [0.15, 0.2) is 5.13 Å². The van der Waals surface area contributed by atoms with Gasteiger partial charge in [0.1, 0.15) is 5.65 Å². The lowest BCUT2D eigenvalue weighted by Crippen LogP contribution is -2.25. The van der Waals surface area contributed by atoms with E-state index < -0.39 is 0 Å². The van der Waals surface area contributed by atoms with Gasteiger partial charge in [-0.3, -0.25) is 14.5 Å². The van der Waals surface area contributed by atoms with E-state index >= 15 is 0 Å². The van der Waals surface area contributed by atoms with Crippen LogP contribution in [0.5, 0.6) is 0 Å². The fourth-order valence-electron chi connectivity index (χ4n) is 2.87. The second-order valence-corrected chi connectivity index (χ2v) is 7.34. The minimum Gasteiger partial charge on any atom is -0.350 e. The molecule has 0 aliphatic carbocycles. The Hall–Kier alpha value is -2.45. The summed E-state index contributed by atoms with van der Waals surface area (Å²) in [4.78, 5) is 34.5. The maximum absolute atomic E-state index is 12.2. The molecule has 1 N–H and O–H groups in total. The number of aromatic nitrogens is 3. The van der Waals surface area contributed by atoms with E-state index in [0.717, 1.165) is 17.8 Å². The maximum Gasteiger partial charge on any atom is 0.228 e. The number of imidazole rings is 1. The standard InChI is InChI=1S/C17H16ClN5O2S/c18-11-3-4-14-20-13(9-22(14)8-11)7-19-15(24)6-12-10-26-17(21-12)23-5-1-2-16(23)25/h3-4,8-10H,1-2,5-7H2,(H,19,24). The first-order chi connectivity index (χ1) is 12.6. The highest BCUT2D eigenvalue weighted by Crippen LogP contribution is 2.25. The van der Waals surface area contributed by atoms with Crippen LogP contribution in [-0.4, -0.2) is 32.7 Å². The second-order valence-electron chi connectivity index (χ2n) is 6.07. The molecule has 4 heterocycles. The maximum atomic E-state index is 12.2. The number of amides is 2. The summed E-state index contributed by atoms with van der Waals surface area (Å²) < 4.78 is 1.82. The van der Waals surface area contributed by atoms with Crippen LogP contribution in [0.3, 0.4) is 0 Å². The van der Waals surface area contributed by atoms with E-state index in [1.807, 2.05) is 22.0 Å². The average molecular weight is 390 g/mol. The van der Waals surface area contributed by atoms with Gasteiger partial charge in [0.05, 0.1) is 29.4 Å². The van der Waals surface area contributed by atoms with Crippen molar-refractivity contribution in [3.05, 3.63) is 46.3 Å². The van der Waals surface area contributed by atoms with Gasteiger partial charge in [-0.05, 0) is 18.6 Å². The number of anilines is 1. The van der Waals surface area contributed by atoms with Gasteiger partial charge in [-0.2, -0.15) is 0 Å². The van der Waals surface area contributed by atoms with Crippen molar-refractivity contribution in [1.29, 1.82) is 0 Å². The molecule has 1 aliphatic rings. The lowest BCUT2D eigenvalue weighted by molar-refractivity contribution is -0.120. The fraction of sp³-hybridized carbons (Fsp3) is 0.294. The topological polar surface area (TPSA) is 79.6 Å². The number of fused-ring (bicyclic) bond motifs is 1. The number of thiazole rings is 1. The zero-order chi connectivity index (χ0) is 18.1. The van der Waals surface area contributed by atoms with Crippen molar-refractivity contribution in [3.63, 3.8) is 0 Å². The minimum absolute atomic E-state index is 0.0994. The molecule has 0 atom stereocenters. The van der Waals surface area contributed by atoms with Crippen LogP contribution in [0, 0.1) is 0 Å². The first kappa shape index (κ1) is 17.0. The van der Waals surface area contributed by atoms with Gasteiger partial charge >= 0.3 is 0 Å². The number of hydrogen-bond donors (Lipinski definition) is 1. The Balaban J connectivity index is 1.35. The van der Waals surface area contributed by atoms with Gasteiger partial charge in [0.25, 0.3) is 0 Å². The number of hydrogen-bond acceptors (Lipinski definition) is 5. The number of carbonyl (C=O) groups is 2. The average Bonchev–Trinajstić information content (AvgIpc) is 3.32. The molecule has 1 fully saturated rings. The van der Waals surface area contributed by atoms with Crippen LogP contribution < -0.4 is 10.2 Å². The van der Waals surface area contributed by atoms with E-state index in [1.165, 1.54) is 11.3 Å². The molecule has 0 saturated carbocycles. The second kappa shape index (κ2) is 7.05. The smallest absolute Gasteiger partial charge is 0.228 e. The van der Waals surface area contributed by atoms with E-state index in [-0.39, 0.29) is 18.2 Å². The van der Waals surface area contributed by atoms with Crippen molar-refractivity contribution in [1.82, 2.24) is 19.7 Å². The molecule has 3 aromatic rings. The predicted molar refractivity (Wildman–Crippen MR) is 99.5 cm³/mol. The fourth-order valence-corrected chi connectivity index (χ4v) is 3.91. The van der Waals surface area contributed by atoms with E-state index in [2.05, 4.69) is 15.3 Å². The zero-order valence-corrected chi connectivity index (χ0v) is 15.4. The predicted octanol–water partition coefficient (Wildman–Crippen LogP) is 2.43. The zero-order valence-electron chi connectivity index (χ0n) is 13.8. The summed E-state index contributed by atoms with van der Waals surface area (Å²) >= 11 is 7.35. The highest BCUT2D eigenvalue weighted by atomic mass is 35.5. The van der Waals surface area contributed by atoms with Crippen molar-refractivity contribution in [2.24, 2.45) is 0 Å². The summed E-state index contributed by atoms with van der Waals surface area (Å²) in [5.41, 5.74) is 2.20. The Labute approximate surface area is 158 Å². The van der Waals surface area contributed by atoms with Gasteiger partial charge in [0.2, 0.25) is 11.8 Å². The van der Waals surface area contributed by atoms with E-state index in [9.17, 15) is 9.59 Å². The van der Waals surface area contributed by atoms with Crippen molar-refractivity contribution in [3.8, 4) is 0 Å². The molecule has 0 aromatic carbocycles. The van der Waals surface area contributed by atoms with Gasteiger partial charge in [-0.15, -0.1) is 11.3 Å². The number of nitrogens with zero attached hydrogens (tertiary/aromatic N) is 4. The van der Waals surface area contributed by atoms with E-state index in [4.69, 9.17) is 11.6 Å². The third-order valence-corrected chi connectivity index (χ3v) is 5.25. The highest BCUT2D eigenvalue weighted by molar-refractivity contribution is 7.14.